The molecule has 3 atom stereocenters. The fourth-order valence-electron chi connectivity index (χ4n) is 3.08. The van der Waals surface area contributed by atoms with Gasteiger partial charge in [-0.25, -0.2) is 13.1 Å². The Labute approximate surface area is 151 Å². The van der Waals surface area contributed by atoms with Gasteiger partial charge in [0.1, 0.15) is 6.54 Å². The standard InChI is InChI=1S/C17H23F3N2O3S/c1-11-4-3-5-15(12(11)2)22-26(24,25)14-8-6-13(7-9-14)16(23)21-10-17(18,19)20/h6-9,11-12,15,22H,3-5,10H2,1-2H3,(H,21,23)/t11-,12-,15+/m1/s1. The van der Waals surface area contributed by atoms with Crippen molar-refractivity contribution in [3.8, 4) is 0 Å². The summed E-state index contributed by atoms with van der Waals surface area (Å²) >= 11 is 0. The monoisotopic (exact) mass is 392 g/mol. The fraction of sp³-hybridized carbons (Fsp3) is 0.588. The van der Waals surface area contributed by atoms with Gasteiger partial charge in [-0.1, -0.05) is 26.7 Å². The van der Waals surface area contributed by atoms with E-state index < -0.39 is 28.7 Å². The largest absolute Gasteiger partial charge is 0.405 e. The summed E-state index contributed by atoms with van der Waals surface area (Å²) in [6.07, 6.45) is -1.71. The SMILES string of the molecule is C[C@@H]1[C@H](C)CCC[C@@H]1NS(=O)(=O)c1ccc(C(=O)NCC(F)(F)F)cc1. The second-order valence-corrected chi connectivity index (χ2v) is 8.53. The van der Waals surface area contributed by atoms with Gasteiger partial charge in [0.05, 0.1) is 4.90 Å². The molecule has 0 aromatic heterocycles. The van der Waals surface area contributed by atoms with Gasteiger partial charge in [-0.15, -0.1) is 0 Å². The number of sulfonamides is 1. The maximum Gasteiger partial charge on any atom is 0.405 e. The predicted octanol–water partition coefficient (Wildman–Crippen LogP) is 3.08. The maximum absolute atomic E-state index is 12.5. The van der Waals surface area contributed by atoms with Crippen molar-refractivity contribution in [2.24, 2.45) is 11.8 Å². The van der Waals surface area contributed by atoms with Crippen LogP contribution >= 0.6 is 0 Å². The van der Waals surface area contributed by atoms with E-state index in [0.29, 0.717) is 5.92 Å². The van der Waals surface area contributed by atoms with Crippen molar-refractivity contribution in [2.75, 3.05) is 6.54 Å². The minimum Gasteiger partial charge on any atom is -0.343 e. The number of halogens is 3. The van der Waals surface area contributed by atoms with Crippen molar-refractivity contribution in [1.82, 2.24) is 10.0 Å². The maximum atomic E-state index is 12.5. The highest BCUT2D eigenvalue weighted by Gasteiger charge is 2.31. The van der Waals surface area contributed by atoms with Crippen LogP contribution in [0.4, 0.5) is 13.2 Å². The Hall–Kier alpha value is -1.61. The summed E-state index contributed by atoms with van der Waals surface area (Å²) in [5.74, 6) is -0.268. The van der Waals surface area contributed by atoms with Gasteiger partial charge in [0, 0.05) is 11.6 Å². The molecular weight excluding hydrogens is 369 g/mol. The molecule has 1 aliphatic rings. The molecule has 1 fully saturated rings. The van der Waals surface area contributed by atoms with Gasteiger partial charge in [-0.05, 0) is 42.5 Å². The quantitative estimate of drug-likeness (QED) is 0.809. The molecule has 0 unspecified atom stereocenters. The summed E-state index contributed by atoms with van der Waals surface area (Å²) in [5.41, 5.74) is -0.0344. The van der Waals surface area contributed by atoms with E-state index in [0.717, 1.165) is 19.3 Å². The zero-order chi connectivity index (χ0) is 19.5. The Kier molecular flexibility index (Phi) is 6.33. The molecule has 0 heterocycles. The van der Waals surface area contributed by atoms with Gasteiger partial charge in [0.15, 0.2) is 0 Å². The van der Waals surface area contributed by atoms with E-state index in [-0.39, 0.29) is 22.4 Å². The van der Waals surface area contributed by atoms with Crippen LogP contribution in [0.2, 0.25) is 0 Å². The van der Waals surface area contributed by atoms with Gasteiger partial charge >= 0.3 is 6.18 Å². The van der Waals surface area contributed by atoms with Gasteiger partial charge in [0.2, 0.25) is 10.0 Å². The lowest BCUT2D eigenvalue weighted by atomic mass is 9.78. The molecule has 26 heavy (non-hydrogen) atoms. The Bertz CT molecular complexity index is 733. The Balaban J connectivity index is 2.05. The first-order valence-electron chi connectivity index (χ1n) is 8.47. The molecule has 0 aliphatic heterocycles. The first-order valence-corrected chi connectivity index (χ1v) is 9.95. The Morgan fingerprint density at radius 1 is 1.15 bits per heavy atom. The van der Waals surface area contributed by atoms with E-state index in [1.54, 1.807) is 5.32 Å². The summed E-state index contributed by atoms with van der Waals surface area (Å²) in [4.78, 5) is 11.7. The fourth-order valence-corrected chi connectivity index (χ4v) is 4.45. The van der Waals surface area contributed by atoms with E-state index >= 15 is 0 Å². The highest BCUT2D eigenvalue weighted by atomic mass is 32.2. The van der Waals surface area contributed by atoms with E-state index in [9.17, 15) is 26.4 Å². The van der Waals surface area contributed by atoms with Crippen LogP contribution in [-0.4, -0.2) is 33.1 Å². The minimum atomic E-state index is -4.50. The van der Waals surface area contributed by atoms with Crippen LogP contribution in [0, 0.1) is 11.8 Å². The molecule has 5 nitrogen and oxygen atoms in total. The van der Waals surface area contributed by atoms with Gasteiger partial charge in [0.25, 0.3) is 5.91 Å². The normalized spacial score (nSPS) is 24.3. The molecule has 0 saturated heterocycles. The lowest BCUT2D eigenvalue weighted by molar-refractivity contribution is -0.123. The summed E-state index contributed by atoms with van der Waals surface area (Å²) in [7, 11) is -3.76. The molecule has 2 rings (SSSR count). The van der Waals surface area contributed by atoms with Crippen LogP contribution in [0.5, 0.6) is 0 Å². The van der Waals surface area contributed by atoms with Crippen LogP contribution in [0.15, 0.2) is 29.2 Å². The molecule has 0 spiro atoms. The van der Waals surface area contributed by atoms with Gasteiger partial charge < -0.3 is 5.32 Å². The summed E-state index contributed by atoms with van der Waals surface area (Å²) in [5, 5.41) is 1.74. The zero-order valence-corrected chi connectivity index (χ0v) is 15.5. The van der Waals surface area contributed by atoms with Crippen LogP contribution in [-0.2, 0) is 10.0 Å². The number of alkyl halides is 3. The molecule has 2 N–H and O–H groups in total. The Morgan fingerprint density at radius 3 is 2.35 bits per heavy atom. The first-order chi connectivity index (χ1) is 12.0. The van der Waals surface area contributed by atoms with Gasteiger partial charge in [-0.3, -0.25) is 4.79 Å². The molecule has 1 saturated carbocycles. The molecular formula is C17H23F3N2O3S. The molecule has 146 valence electrons. The molecule has 1 aliphatic carbocycles. The molecule has 1 aromatic carbocycles. The minimum absolute atomic E-state index is 0.0182. The van der Waals surface area contributed by atoms with Crippen molar-refractivity contribution in [1.29, 1.82) is 0 Å². The van der Waals surface area contributed by atoms with Crippen molar-refractivity contribution in [2.45, 2.75) is 50.2 Å². The number of rotatable bonds is 5. The van der Waals surface area contributed by atoms with Crippen LogP contribution in [0.1, 0.15) is 43.5 Å². The third-order valence-electron chi connectivity index (χ3n) is 4.89. The van der Waals surface area contributed by atoms with Crippen molar-refractivity contribution in [3.63, 3.8) is 0 Å². The number of hydrogen-bond acceptors (Lipinski definition) is 3. The van der Waals surface area contributed by atoms with Crippen molar-refractivity contribution in [3.05, 3.63) is 29.8 Å². The molecule has 0 bridgehead atoms. The lowest BCUT2D eigenvalue weighted by Crippen LogP contribution is -2.43. The van der Waals surface area contributed by atoms with Gasteiger partial charge in [-0.2, -0.15) is 13.2 Å². The second kappa shape index (κ2) is 7.96. The summed E-state index contributed by atoms with van der Waals surface area (Å²) in [6.45, 7) is 2.68. The molecule has 1 aromatic rings. The highest BCUT2D eigenvalue weighted by Crippen LogP contribution is 2.30. The average Bonchev–Trinajstić information content (AvgIpc) is 2.56. The highest BCUT2D eigenvalue weighted by molar-refractivity contribution is 7.89. The summed E-state index contributed by atoms with van der Waals surface area (Å²) < 4.78 is 64.2. The van der Waals surface area contributed by atoms with Crippen LogP contribution in [0.25, 0.3) is 0 Å². The van der Waals surface area contributed by atoms with Crippen LogP contribution < -0.4 is 10.0 Å². The molecule has 1 amide bonds. The predicted molar refractivity (Wildman–Crippen MR) is 91.1 cm³/mol. The first kappa shape index (κ1) is 20.7. The smallest absolute Gasteiger partial charge is 0.343 e. The zero-order valence-electron chi connectivity index (χ0n) is 14.6. The lowest BCUT2D eigenvalue weighted by Gasteiger charge is -2.34. The van der Waals surface area contributed by atoms with Crippen LogP contribution in [0.3, 0.4) is 0 Å². The Morgan fingerprint density at radius 2 is 1.77 bits per heavy atom. The second-order valence-electron chi connectivity index (χ2n) is 6.82. The van der Waals surface area contributed by atoms with E-state index in [1.807, 2.05) is 6.92 Å². The van der Waals surface area contributed by atoms with Crippen molar-refractivity contribution >= 4 is 15.9 Å². The summed E-state index contributed by atoms with van der Waals surface area (Å²) in [6, 6.07) is 4.70. The molecule has 9 heteroatoms. The number of amides is 1. The number of hydrogen-bond donors (Lipinski definition) is 2. The number of carbonyl (C=O) groups excluding carboxylic acids is 1. The topological polar surface area (TPSA) is 75.3 Å². The van der Waals surface area contributed by atoms with Crippen molar-refractivity contribution < 1.29 is 26.4 Å². The number of nitrogens with one attached hydrogen (secondary N) is 2. The van der Waals surface area contributed by atoms with E-state index in [4.69, 9.17) is 0 Å². The number of carbonyl (C=O) groups is 1. The third kappa shape index (κ3) is 5.44. The third-order valence-corrected chi connectivity index (χ3v) is 6.40. The van der Waals surface area contributed by atoms with E-state index in [1.165, 1.54) is 24.3 Å². The molecule has 0 radical (unpaired) electrons. The van der Waals surface area contributed by atoms with E-state index in [2.05, 4.69) is 11.6 Å². The average molecular weight is 392 g/mol. The number of benzene rings is 1.